The Morgan fingerprint density at radius 1 is 1.42 bits per heavy atom. The lowest BCUT2D eigenvalue weighted by Gasteiger charge is -2.29. The van der Waals surface area contributed by atoms with Crippen LogP contribution in [0, 0.1) is 0 Å². The van der Waals surface area contributed by atoms with E-state index in [1.807, 2.05) is 0 Å². The van der Waals surface area contributed by atoms with E-state index in [2.05, 4.69) is 50.9 Å². The summed E-state index contributed by atoms with van der Waals surface area (Å²) in [5, 5.41) is 0. The number of thioether (sulfide) groups is 1. The Hall–Kier alpha value is -0.740. The highest BCUT2D eigenvalue weighted by atomic mass is 32.2. The Balaban J connectivity index is 3.18. The first-order valence-corrected chi connectivity index (χ1v) is 8.20. The number of nitrogens with two attached hydrogens (primary N) is 1. The number of thiocarbonyl (C=S) groups is 1. The van der Waals surface area contributed by atoms with Crippen molar-refractivity contribution in [2.45, 2.75) is 44.6 Å². The van der Waals surface area contributed by atoms with Crippen molar-refractivity contribution in [2.75, 3.05) is 17.7 Å². The standard InChI is InChI=1S/C15H24N2S2/c1-5-8-11(3)17(4)12-9-7-10-13(19-6-2)14(12)15(16)18/h7,9-11H,5-6,8H2,1-4H3,(H2,16,18). The minimum Gasteiger partial charge on any atom is -0.389 e. The van der Waals surface area contributed by atoms with Gasteiger partial charge in [0.15, 0.2) is 0 Å². The van der Waals surface area contributed by atoms with Crippen molar-refractivity contribution in [3.05, 3.63) is 23.8 Å². The van der Waals surface area contributed by atoms with Gasteiger partial charge in [-0.05, 0) is 31.2 Å². The van der Waals surface area contributed by atoms with Gasteiger partial charge in [-0.1, -0.05) is 38.6 Å². The van der Waals surface area contributed by atoms with E-state index >= 15 is 0 Å². The van der Waals surface area contributed by atoms with E-state index < -0.39 is 0 Å². The molecule has 0 saturated carbocycles. The van der Waals surface area contributed by atoms with Crippen LogP contribution in [-0.4, -0.2) is 23.8 Å². The van der Waals surface area contributed by atoms with Gasteiger partial charge in [-0.3, -0.25) is 0 Å². The molecule has 0 aliphatic carbocycles. The van der Waals surface area contributed by atoms with Crippen LogP contribution < -0.4 is 10.6 Å². The Bertz CT molecular complexity index is 432. The summed E-state index contributed by atoms with van der Waals surface area (Å²) >= 11 is 7.05. The van der Waals surface area contributed by atoms with Crippen molar-refractivity contribution in [3.63, 3.8) is 0 Å². The van der Waals surface area contributed by atoms with E-state index in [0.29, 0.717) is 11.0 Å². The summed E-state index contributed by atoms with van der Waals surface area (Å²) in [5.74, 6) is 1.02. The highest BCUT2D eigenvalue weighted by Crippen LogP contribution is 2.31. The van der Waals surface area contributed by atoms with Crippen LogP contribution in [0.2, 0.25) is 0 Å². The minimum absolute atomic E-state index is 0.486. The third kappa shape index (κ3) is 4.11. The SMILES string of the molecule is CCCC(C)N(C)c1cccc(SCC)c1C(N)=S. The molecule has 1 atom stereocenters. The molecule has 2 nitrogen and oxygen atoms in total. The van der Waals surface area contributed by atoms with Gasteiger partial charge in [0, 0.05) is 29.2 Å². The molecule has 0 aromatic heterocycles. The van der Waals surface area contributed by atoms with Gasteiger partial charge >= 0.3 is 0 Å². The summed E-state index contributed by atoms with van der Waals surface area (Å²) in [6.45, 7) is 6.60. The van der Waals surface area contributed by atoms with Gasteiger partial charge in [-0.25, -0.2) is 0 Å². The Morgan fingerprint density at radius 3 is 2.63 bits per heavy atom. The summed E-state index contributed by atoms with van der Waals surface area (Å²) < 4.78 is 0. The Morgan fingerprint density at radius 2 is 2.11 bits per heavy atom. The number of hydrogen-bond donors (Lipinski definition) is 1. The molecule has 4 heteroatoms. The average molecular weight is 297 g/mol. The number of benzene rings is 1. The van der Waals surface area contributed by atoms with Crippen molar-refractivity contribution in [1.29, 1.82) is 0 Å². The first-order valence-electron chi connectivity index (χ1n) is 6.81. The maximum Gasteiger partial charge on any atom is 0.107 e. The molecule has 1 aromatic carbocycles. The van der Waals surface area contributed by atoms with E-state index in [4.69, 9.17) is 18.0 Å². The summed E-state index contributed by atoms with van der Waals surface area (Å²) in [4.78, 5) is 3.96. The van der Waals surface area contributed by atoms with Crippen molar-refractivity contribution in [1.82, 2.24) is 0 Å². The first kappa shape index (κ1) is 16.3. The minimum atomic E-state index is 0.486. The van der Waals surface area contributed by atoms with Gasteiger partial charge in [0.2, 0.25) is 0 Å². The van der Waals surface area contributed by atoms with Crippen LogP contribution >= 0.6 is 24.0 Å². The molecule has 0 amide bonds. The largest absolute Gasteiger partial charge is 0.389 e. The molecule has 0 saturated heterocycles. The smallest absolute Gasteiger partial charge is 0.107 e. The summed E-state index contributed by atoms with van der Waals surface area (Å²) in [5.41, 5.74) is 8.12. The lowest BCUT2D eigenvalue weighted by atomic mass is 10.1. The maximum absolute atomic E-state index is 5.95. The van der Waals surface area contributed by atoms with Gasteiger partial charge in [0.25, 0.3) is 0 Å². The van der Waals surface area contributed by atoms with Crippen LogP contribution in [0.3, 0.4) is 0 Å². The van der Waals surface area contributed by atoms with Crippen LogP contribution in [0.5, 0.6) is 0 Å². The molecule has 0 aliphatic rings. The van der Waals surface area contributed by atoms with Crippen LogP contribution in [0.1, 0.15) is 39.2 Å². The lowest BCUT2D eigenvalue weighted by molar-refractivity contribution is 0.615. The van der Waals surface area contributed by atoms with Crippen molar-refractivity contribution >= 4 is 34.7 Å². The van der Waals surface area contributed by atoms with E-state index in [0.717, 1.165) is 17.0 Å². The molecular formula is C15H24N2S2. The maximum atomic E-state index is 5.95. The number of anilines is 1. The molecule has 0 radical (unpaired) electrons. The van der Waals surface area contributed by atoms with Gasteiger partial charge in [-0.15, -0.1) is 11.8 Å². The van der Waals surface area contributed by atoms with Crippen molar-refractivity contribution in [3.8, 4) is 0 Å². The monoisotopic (exact) mass is 296 g/mol. The molecule has 0 spiro atoms. The molecule has 19 heavy (non-hydrogen) atoms. The molecule has 0 fully saturated rings. The van der Waals surface area contributed by atoms with Crippen molar-refractivity contribution in [2.24, 2.45) is 5.73 Å². The number of hydrogen-bond acceptors (Lipinski definition) is 3. The number of nitrogens with zero attached hydrogens (tertiary/aromatic N) is 1. The van der Waals surface area contributed by atoms with E-state index in [1.54, 1.807) is 11.8 Å². The van der Waals surface area contributed by atoms with E-state index in [1.165, 1.54) is 17.7 Å². The fraction of sp³-hybridized carbons (Fsp3) is 0.533. The van der Waals surface area contributed by atoms with Gasteiger partial charge in [0.05, 0.1) is 0 Å². The summed E-state index contributed by atoms with van der Waals surface area (Å²) in [6.07, 6.45) is 2.34. The zero-order valence-electron chi connectivity index (χ0n) is 12.3. The molecular weight excluding hydrogens is 272 g/mol. The van der Waals surface area contributed by atoms with Gasteiger partial charge < -0.3 is 10.6 Å². The second kappa shape index (κ2) is 7.75. The highest BCUT2D eigenvalue weighted by Gasteiger charge is 2.17. The third-order valence-electron chi connectivity index (χ3n) is 3.30. The van der Waals surface area contributed by atoms with Crippen LogP contribution in [0.4, 0.5) is 5.69 Å². The highest BCUT2D eigenvalue weighted by molar-refractivity contribution is 7.99. The summed E-state index contributed by atoms with van der Waals surface area (Å²) in [7, 11) is 2.12. The third-order valence-corrected chi connectivity index (χ3v) is 4.44. The number of rotatable bonds is 7. The predicted molar refractivity (Wildman–Crippen MR) is 91.5 cm³/mol. The van der Waals surface area contributed by atoms with Crippen LogP contribution in [0.25, 0.3) is 0 Å². The lowest BCUT2D eigenvalue weighted by Crippen LogP contribution is -2.31. The molecule has 1 aromatic rings. The zero-order chi connectivity index (χ0) is 14.4. The zero-order valence-corrected chi connectivity index (χ0v) is 13.9. The fourth-order valence-electron chi connectivity index (χ4n) is 2.19. The van der Waals surface area contributed by atoms with Gasteiger partial charge in [0.1, 0.15) is 4.99 Å². The molecule has 2 N–H and O–H groups in total. The normalized spacial score (nSPS) is 12.2. The van der Waals surface area contributed by atoms with Crippen LogP contribution in [-0.2, 0) is 0 Å². The topological polar surface area (TPSA) is 29.3 Å². The predicted octanol–water partition coefficient (Wildman–Crippen LogP) is 4.06. The molecule has 1 unspecified atom stereocenters. The molecule has 1 rings (SSSR count). The second-order valence-electron chi connectivity index (χ2n) is 4.70. The Labute approximate surface area is 126 Å². The molecule has 0 heterocycles. The summed E-state index contributed by atoms with van der Waals surface area (Å²) in [6, 6.07) is 6.79. The van der Waals surface area contributed by atoms with Crippen LogP contribution in [0.15, 0.2) is 23.1 Å². The van der Waals surface area contributed by atoms with E-state index in [9.17, 15) is 0 Å². The fourth-order valence-corrected chi connectivity index (χ4v) is 3.31. The van der Waals surface area contributed by atoms with E-state index in [-0.39, 0.29) is 0 Å². The molecule has 0 bridgehead atoms. The molecule has 0 aliphatic heterocycles. The second-order valence-corrected chi connectivity index (χ2v) is 6.44. The Kier molecular flexibility index (Phi) is 6.66. The first-order chi connectivity index (χ1) is 9.02. The van der Waals surface area contributed by atoms with Gasteiger partial charge in [-0.2, -0.15) is 0 Å². The van der Waals surface area contributed by atoms with Crippen molar-refractivity contribution < 1.29 is 0 Å². The average Bonchev–Trinajstić information content (AvgIpc) is 2.38. The quantitative estimate of drug-likeness (QED) is 0.607. The molecule has 106 valence electrons.